The van der Waals surface area contributed by atoms with Gasteiger partial charge in [0.15, 0.2) is 0 Å². The van der Waals surface area contributed by atoms with Crippen molar-refractivity contribution < 1.29 is 17.9 Å². The van der Waals surface area contributed by atoms with Crippen LogP contribution in [0.1, 0.15) is 29.9 Å². The summed E-state index contributed by atoms with van der Waals surface area (Å²) in [5.41, 5.74) is 1.08. The number of aromatic nitrogens is 1. The summed E-state index contributed by atoms with van der Waals surface area (Å²) in [7, 11) is -1.85. The molecule has 9 heteroatoms. The lowest BCUT2D eigenvalue weighted by Gasteiger charge is -2.39. The predicted molar refractivity (Wildman–Crippen MR) is 113 cm³/mol. The Morgan fingerprint density at radius 2 is 1.73 bits per heavy atom. The molecule has 0 radical (unpaired) electrons. The van der Waals surface area contributed by atoms with Crippen molar-refractivity contribution in [3.8, 4) is 5.75 Å². The number of pyridine rings is 1. The molecule has 162 valence electrons. The highest BCUT2D eigenvalue weighted by Gasteiger charge is 2.33. The van der Waals surface area contributed by atoms with Crippen molar-refractivity contribution in [3.63, 3.8) is 0 Å². The molecule has 3 rings (SSSR count). The number of amides is 1. The third-order valence-electron chi connectivity index (χ3n) is 5.36. The predicted octanol–water partition coefficient (Wildman–Crippen LogP) is 1.63. The Hall–Kier alpha value is -2.65. The van der Waals surface area contributed by atoms with Crippen LogP contribution in [0.5, 0.6) is 5.75 Å². The van der Waals surface area contributed by atoms with Gasteiger partial charge in [0.2, 0.25) is 10.0 Å². The number of ether oxygens (including phenoxy) is 1. The number of carbonyl (C=O) groups excluding carboxylic acids is 1. The van der Waals surface area contributed by atoms with Crippen molar-refractivity contribution in [1.82, 2.24) is 13.8 Å². The van der Waals surface area contributed by atoms with Gasteiger partial charge in [-0.1, -0.05) is 13.8 Å². The number of hydrogen-bond acceptors (Lipinski definition) is 5. The van der Waals surface area contributed by atoms with Crippen molar-refractivity contribution >= 4 is 15.9 Å². The van der Waals surface area contributed by atoms with Crippen molar-refractivity contribution in [2.24, 2.45) is 7.05 Å². The van der Waals surface area contributed by atoms with E-state index in [0.29, 0.717) is 37.5 Å². The van der Waals surface area contributed by atoms with Crippen LogP contribution in [-0.4, -0.2) is 60.4 Å². The summed E-state index contributed by atoms with van der Waals surface area (Å²) in [4.78, 5) is 26.3. The molecule has 8 nitrogen and oxygen atoms in total. The van der Waals surface area contributed by atoms with Gasteiger partial charge in [-0.2, -0.15) is 4.31 Å². The molecule has 1 aliphatic rings. The van der Waals surface area contributed by atoms with E-state index in [0.717, 1.165) is 5.69 Å². The summed E-state index contributed by atoms with van der Waals surface area (Å²) in [5, 5.41) is 0. The first-order chi connectivity index (χ1) is 14.2. The molecule has 0 aliphatic carbocycles. The zero-order chi connectivity index (χ0) is 22.1. The summed E-state index contributed by atoms with van der Waals surface area (Å²) in [6.07, 6.45) is -0.178. The molecular weight excluding hydrogens is 406 g/mol. The minimum Gasteiger partial charge on any atom is -0.486 e. The number of aryl methyl sites for hydroxylation is 1. The number of carbonyl (C=O) groups is 1. The van der Waals surface area contributed by atoms with E-state index in [2.05, 4.69) is 0 Å². The number of hydrogen-bond donors (Lipinski definition) is 0. The molecule has 2 aromatic rings. The first-order valence-electron chi connectivity index (χ1n) is 9.91. The van der Waals surface area contributed by atoms with Gasteiger partial charge in [0, 0.05) is 37.5 Å². The van der Waals surface area contributed by atoms with E-state index in [1.165, 1.54) is 39.2 Å². The number of nitrogens with zero attached hydrogens (tertiary/aromatic N) is 3. The van der Waals surface area contributed by atoms with E-state index in [4.69, 9.17) is 4.74 Å². The molecule has 1 saturated heterocycles. The van der Waals surface area contributed by atoms with Crippen LogP contribution in [0.3, 0.4) is 0 Å². The van der Waals surface area contributed by atoms with Gasteiger partial charge in [-0.15, -0.1) is 0 Å². The number of sulfonamides is 1. The van der Waals surface area contributed by atoms with Gasteiger partial charge in [-0.05, 0) is 37.3 Å². The first-order valence-corrected chi connectivity index (χ1v) is 11.3. The zero-order valence-corrected chi connectivity index (χ0v) is 18.5. The van der Waals surface area contributed by atoms with E-state index in [9.17, 15) is 18.0 Å². The maximum absolute atomic E-state index is 12.6. The Morgan fingerprint density at radius 1 is 1.13 bits per heavy atom. The molecule has 1 aromatic carbocycles. The highest BCUT2D eigenvalue weighted by Crippen LogP contribution is 2.21. The fourth-order valence-electron chi connectivity index (χ4n) is 3.34. The lowest BCUT2D eigenvalue weighted by molar-refractivity contribution is 0.0176. The van der Waals surface area contributed by atoms with Crippen molar-refractivity contribution in [3.05, 3.63) is 58.0 Å². The molecule has 0 saturated carbocycles. The summed E-state index contributed by atoms with van der Waals surface area (Å²) < 4.78 is 33.8. The summed E-state index contributed by atoms with van der Waals surface area (Å²) in [6, 6.07) is 9.25. The molecular formula is C21H27N3O5S. The van der Waals surface area contributed by atoms with Crippen molar-refractivity contribution in [2.45, 2.75) is 31.8 Å². The molecule has 1 amide bonds. The van der Waals surface area contributed by atoms with E-state index in [1.807, 2.05) is 6.92 Å². The monoisotopic (exact) mass is 433 g/mol. The van der Waals surface area contributed by atoms with Gasteiger partial charge >= 0.3 is 0 Å². The lowest BCUT2D eigenvalue weighted by Crippen LogP contribution is -2.56. The Morgan fingerprint density at radius 3 is 2.27 bits per heavy atom. The van der Waals surface area contributed by atoms with Crippen LogP contribution in [0.15, 0.2) is 46.1 Å². The van der Waals surface area contributed by atoms with E-state index >= 15 is 0 Å². The van der Waals surface area contributed by atoms with Gasteiger partial charge in [0.05, 0.1) is 18.0 Å². The third-order valence-corrected chi connectivity index (χ3v) is 7.42. The molecule has 0 atom stereocenters. The minimum absolute atomic E-state index is 0.142. The lowest BCUT2D eigenvalue weighted by atomic mass is 10.1. The average Bonchev–Trinajstić information content (AvgIpc) is 2.68. The fraction of sp³-hybridized carbons (Fsp3) is 0.429. The third kappa shape index (κ3) is 4.27. The van der Waals surface area contributed by atoms with Gasteiger partial charge < -0.3 is 14.2 Å². The van der Waals surface area contributed by atoms with Gasteiger partial charge in [0.25, 0.3) is 11.5 Å². The fourth-order valence-corrected chi connectivity index (χ4v) is 4.80. The van der Waals surface area contributed by atoms with Gasteiger partial charge in [-0.3, -0.25) is 9.59 Å². The molecule has 0 unspecified atom stereocenters. The van der Waals surface area contributed by atoms with E-state index in [-0.39, 0.29) is 22.5 Å². The Labute approximate surface area is 176 Å². The summed E-state index contributed by atoms with van der Waals surface area (Å²) >= 11 is 0. The summed E-state index contributed by atoms with van der Waals surface area (Å²) in [5.74, 6) is 0.320. The average molecular weight is 434 g/mol. The van der Waals surface area contributed by atoms with Crippen LogP contribution in [0.25, 0.3) is 0 Å². The molecule has 0 N–H and O–H groups in total. The largest absolute Gasteiger partial charge is 0.486 e. The smallest absolute Gasteiger partial charge is 0.254 e. The summed E-state index contributed by atoms with van der Waals surface area (Å²) in [6.45, 7) is 7.00. The van der Waals surface area contributed by atoms with Crippen LogP contribution in [0, 0.1) is 6.92 Å². The van der Waals surface area contributed by atoms with Crippen molar-refractivity contribution in [2.75, 3.05) is 26.2 Å². The molecule has 0 bridgehead atoms. The van der Waals surface area contributed by atoms with E-state index in [1.54, 1.807) is 31.9 Å². The molecule has 0 spiro atoms. The highest BCUT2D eigenvalue weighted by atomic mass is 32.2. The normalized spacial score (nSPS) is 14.6. The molecule has 1 aromatic heterocycles. The Bertz CT molecular complexity index is 1080. The van der Waals surface area contributed by atoms with Crippen LogP contribution in [0.2, 0.25) is 0 Å². The molecule has 1 fully saturated rings. The SMILES string of the molecule is CCN(CC)S(=O)(=O)c1ccc(C(=O)N2CC(Oc3cc(C)n(C)c(=O)c3)C2)cc1. The van der Waals surface area contributed by atoms with Crippen LogP contribution < -0.4 is 10.3 Å². The molecule has 2 heterocycles. The Balaban J connectivity index is 1.62. The second-order valence-corrected chi connectivity index (χ2v) is 9.23. The number of rotatable bonds is 7. The number of benzene rings is 1. The topological polar surface area (TPSA) is 88.9 Å². The van der Waals surface area contributed by atoms with Crippen molar-refractivity contribution in [1.29, 1.82) is 0 Å². The second kappa shape index (κ2) is 8.61. The highest BCUT2D eigenvalue weighted by molar-refractivity contribution is 7.89. The van der Waals surface area contributed by atoms with Gasteiger partial charge in [-0.25, -0.2) is 8.42 Å². The first kappa shape index (κ1) is 22.0. The quantitative estimate of drug-likeness (QED) is 0.662. The number of likely N-dealkylation sites (tertiary alicyclic amines) is 1. The Kier molecular flexibility index (Phi) is 6.33. The van der Waals surface area contributed by atoms with Gasteiger partial charge in [0.1, 0.15) is 11.9 Å². The molecule has 1 aliphatic heterocycles. The maximum atomic E-state index is 12.6. The van der Waals surface area contributed by atoms with Crippen LogP contribution >= 0.6 is 0 Å². The standard InChI is InChI=1S/C21H27N3O5S/c1-5-24(6-2)30(27,28)19-9-7-16(8-10-19)21(26)23-13-18(14-23)29-17-11-15(3)22(4)20(25)12-17/h7-12,18H,5-6,13-14H2,1-4H3. The van der Waals surface area contributed by atoms with E-state index < -0.39 is 10.0 Å². The zero-order valence-electron chi connectivity index (χ0n) is 17.7. The second-order valence-electron chi connectivity index (χ2n) is 7.29. The molecule has 30 heavy (non-hydrogen) atoms. The maximum Gasteiger partial charge on any atom is 0.254 e. The van der Waals surface area contributed by atoms with Crippen LogP contribution in [0.4, 0.5) is 0 Å². The van der Waals surface area contributed by atoms with Crippen LogP contribution in [-0.2, 0) is 17.1 Å². The minimum atomic E-state index is -3.55.